The molecule has 0 bridgehead atoms. The number of carbonyl (C=O) groups excluding carboxylic acids is 1. The van der Waals surface area contributed by atoms with E-state index in [1.807, 2.05) is 36.4 Å². The summed E-state index contributed by atoms with van der Waals surface area (Å²) in [5, 5.41) is 7.19. The van der Waals surface area contributed by atoms with Gasteiger partial charge in [-0.05, 0) is 37.1 Å². The fourth-order valence-electron chi connectivity index (χ4n) is 3.26. The van der Waals surface area contributed by atoms with E-state index in [0.29, 0.717) is 12.1 Å². The van der Waals surface area contributed by atoms with Crippen molar-refractivity contribution in [2.24, 2.45) is 0 Å². The molecule has 1 amide bonds. The number of nitrogens with one attached hydrogen (secondary N) is 1. The van der Waals surface area contributed by atoms with Crippen LogP contribution in [0.15, 0.2) is 61.2 Å². The van der Waals surface area contributed by atoms with Crippen LogP contribution in [0.4, 0.5) is 0 Å². The molecule has 0 unspecified atom stereocenters. The predicted molar refractivity (Wildman–Crippen MR) is 97.6 cm³/mol. The first-order valence-electron chi connectivity index (χ1n) is 8.59. The molecular weight excluding hydrogens is 328 g/mol. The SMILES string of the molecule is COc1ccccc1C1(CNC(=O)c2cccc(-n3cncn3)c2)CC1. The summed E-state index contributed by atoms with van der Waals surface area (Å²) in [6.07, 6.45) is 5.17. The summed E-state index contributed by atoms with van der Waals surface area (Å²) in [5.41, 5.74) is 2.56. The molecule has 0 atom stereocenters. The Balaban J connectivity index is 1.48. The summed E-state index contributed by atoms with van der Waals surface area (Å²) in [5.74, 6) is 0.792. The lowest BCUT2D eigenvalue weighted by molar-refractivity contribution is 0.0949. The van der Waals surface area contributed by atoms with Crippen molar-refractivity contribution in [3.05, 3.63) is 72.3 Å². The Bertz CT molecular complexity index is 917. The Kier molecular flexibility index (Phi) is 4.16. The molecule has 1 aliphatic carbocycles. The molecule has 1 aromatic heterocycles. The number of hydrogen-bond acceptors (Lipinski definition) is 4. The van der Waals surface area contributed by atoms with E-state index in [-0.39, 0.29) is 11.3 Å². The maximum Gasteiger partial charge on any atom is 0.251 e. The number of ether oxygens (including phenoxy) is 1. The van der Waals surface area contributed by atoms with Crippen LogP contribution in [0.3, 0.4) is 0 Å². The van der Waals surface area contributed by atoms with Crippen LogP contribution in [0.2, 0.25) is 0 Å². The van der Waals surface area contributed by atoms with Gasteiger partial charge in [0, 0.05) is 23.1 Å². The van der Waals surface area contributed by atoms with Crippen molar-refractivity contribution >= 4 is 5.91 Å². The molecule has 1 saturated carbocycles. The lowest BCUT2D eigenvalue weighted by Gasteiger charge is -2.19. The van der Waals surface area contributed by atoms with Crippen molar-refractivity contribution in [2.45, 2.75) is 18.3 Å². The molecule has 1 heterocycles. The molecular formula is C20H20N4O2. The van der Waals surface area contributed by atoms with Crippen molar-refractivity contribution < 1.29 is 9.53 Å². The van der Waals surface area contributed by atoms with Gasteiger partial charge in [-0.1, -0.05) is 24.3 Å². The Hall–Kier alpha value is -3.15. The van der Waals surface area contributed by atoms with E-state index in [1.165, 1.54) is 11.9 Å². The van der Waals surface area contributed by atoms with Crippen LogP contribution < -0.4 is 10.1 Å². The molecule has 4 rings (SSSR count). The second kappa shape index (κ2) is 6.63. The molecule has 6 nitrogen and oxygen atoms in total. The topological polar surface area (TPSA) is 69.0 Å². The van der Waals surface area contributed by atoms with Crippen molar-refractivity contribution in [3.8, 4) is 11.4 Å². The maximum absolute atomic E-state index is 12.6. The second-order valence-electron chi connectivity index (χ2n) is 6.55. The number of nitrogens with zero attached hydrogens (tertiary/aromatic N) is 3. The van der Waals surface area contributed by atoms with E-state index in [1.54, 1.807) is 24.2 Å². The number of para-hydroxylation sites is 1. The average molecular weight is 348 g/mol. The number of methoxy groups -OCH3 is 1. The maximum atomic E-state index is 12.6. The minimum Gasteiger partial charge on any atom is -0.496 e. The van der Waals surface area contributed by atoms with E-state index in [4.69, 9.17) is 4.74 Å². The Morgan fingerprint density at radius 3 is 2.81 bits per heavy atom. The zero-order valence-corrected chi connectivity index (χ0v) is 14.6. The van der Waals surface area contributed by atoms with Gasteiger partial charge in [0.05, 0.1) is 12.8 Å². The molecule has 1 aliphatic rings. The van der Waals surface area contributed by atoms with Crippen molar-refractivity contribution in [3.63, 3.8) is 0 Å². The largest absolute Gasteiger partial charge is 0.496 e. The molecule has 0 radical (unpaired) electrons. The monoisotopic (exact) mass is 348 g/mol. The number of hydrogen-bond donors (Lipinski definition) is 1. The zero-order chi connectivity index (χ0) is 18.0. The highest BCUT2D eigenvalue weighted by Gasteiger charge is 2.46. The van der Waals surface area contributed by atoms with Gasteiger partial charge in [0.25, 0.3) is 5.91 Å². The Morgan fingerprint density at radius 2 is 2.08 bits per heavy atom. The van der Waals surface area contributed by atoms with E-state index in [9.17, 15) is 4.79 Å². The molecule has 3 aromatic rings. The van der Waals surface area contributed by atoms with Gasteiger partial charge in [0.15, 0.2) is 0 Å². The molecule has 132 valence electrons. The van der Waals surface area contributed by atoms with Crippen LogP contribution in [-0.4, -0.2) is 34.3 Å². The van der Waals surface area contributed by atoms with Crippen LogP contribution in [-0.2, 0) is 5.41 Å². The lowest BCUT2D eigenvalue weighted by atomic mass is 9.94. The van der Waals surface area contributed by atoms with Crippen molar-refractivity contribution in [1.82, 2.24) is 20.1 Å². The number of carbonyl (C=O) groups is 1. The Labute approximate surface area is 151 Å². The van der Waals surface area contributed by atoms with Gasteiger partial charge in [0.2, 0.25) is 0 Å². The van der Waals surface area contributed by atoms with Gasteiger partial charge in [0.1, 0.15) is 18.4 Å². The first-order valence-corrected chi connectivity index (χ1v) is 8.59. The van der Waals surface area contributed by atoms with Crippen LogP contribution >= 0.6 is 0 Å². The third-order valence-corrected chi connectivity index (χ3v) is 4.91. The van der Waals surface area contributed by atoms with E-state index in [2.05, 4.69) is 21.5 Å². The Morgan fingerprint density at radius 1 is 1.23 bits per heavy atom. The first-order chi connectivity index (χ1) is 12.7. The summed E-state index contributed by atoms with van der Waals surface area (Å²) in [4.78, 5) is 16.6. The van der Waals surface area contributed by atoms with E-state index < -0.39 is 0 Å². The number of amides is 1. The van der Waals surface area contributed by atoms with Crippen LogP contribution in [0, 0.1) is 0 Å². The summed E-state index contributed by atoms with van der Waals surface area (Å²) in [7, 11) is 1.68. The van der Waals surface area contributed by atoms with Gasteiger partial charge in [-0.3, -0.25) is 4.79 Å². The smallest absolute Gasteiger partial charge is 0.251 e. The third-order valence-electron chi connectivity index (χ3n) is 4.91. The summed E-state index contributed by atoms with van der Waals surface area (Å²) in [6.45, 7) is 0.597. The normalized spacial score (nSPS) is 14.7. The summed E-state index contributed by atoms with van der Waals surface area (Å²) >= 11 is 0. The number of benzene rings is 2. The molecule has 26 heavy (non-hydrogen) atoms. The molecule has 0 aliphatic heterocycles. The predicted octanol–water partition coefficient (Wildman–Crippen LogP) is 2.74. The minimum absolute atomic E-state index is 0.0220. The molecule has 0 spiro atoms. The van der Waals surface area contributed by atoms with E-state index >= 15 is 0 Å². The average Bonchev–Trinajstić information content (AvgIpc) is 3.28. The highest BCUT2D eigenvalue weighted by Crippen LogP contribution is 2.50. The molecule has 1 fully saturated rings. The molecule has 0 saturated heterocycles. The van der Waals surface area contributed by atoms with Crippen molar-refractivity contribution in [2.75, 3.05) is 13.7 Å². The lowest BCUT2D eigenvalue weighted by Crippen LogP contribution is -2.32. The summed E-state index contributed by atoms with van der Waals surface area (Å²) in [6, 6.07) is 15.4. The van der Waals surface area contributed by atoms with Gasteiger partial charge >= 0.3 is 0 Å². The molecule has 1 N–H and O–H groups in total. The fourth-order valence-corrected chi connectivity index (χ4v) is 3.26. The zero-order valence-electron chi connectivity index (χ0n) is 14.6. The van der Waals surface area contributed by atoms with Gasteiger partial charge < -0.3 is 10.1 Å². The van der Waals surface area contributed by atoms with Crippen LogP contribution in [0.1, 0.15) is 28.8 Å². The summed E-state index contributed by atoms with van der Waals surface area (Å²) < 4.78 is 7.12. The minimum atomic E-state index is -0.0897. The van der Waals surface area contributed by atoms with Gasteiger partial charge in [-0.2, -0.15) is 5.10 Å². The van der Waals surface area contributed by atoms with Crippen LogP contribution in [0.5, 0.6) is 5.75 Å². The third kappa shape index (κ3) is 3.06. The molecule has 6 heteroatoms. The first kappa shape index (κ1) is 16.3. The quantitative estimate of drug-likeness (QED) is 0.744. The standard InChI is InChI=1S/C20H20N4O2/c1-26-18-8-3-2-7-17(18)20(9-10-20)12-22-19(25)15-5-4-6-16(11-15)24-14-21-13-23-24/h2-8,11,13-14H,9-10,12H2,1H3,(H,22,25). The highest BCUT2D eigenvalue weighted by atomic mass is 16.5. The van der Waals surface area contributed by atoms with E-state index in [0.717, 1.165) is 24.3 Å². The van der Waals surface area contributed by atoms with Gasteiger partial charge in [-0.25, -0.2) is 9.67 Å². The second-order valence-corrected chi connectivity index (χ2v) is 6.55. The van der Waals surface area contributed by atoms with Crippen LogP contribution in [0.25, 0.3) is 5.69 Å². The number of aromatic nitrogens is 3. The number of rotatable bonds is 6. The molecule has 2 aromatic carbocycles. The van der Waals surface area contributed by atoms with Crippen molar-refractivity contribution in [1.29, 1.82) is 0 Å². The highest BCUT2D eigenvalue weighted by molar-refractivity contribution is 5.94. The fraction of sp³-hybridized carbons (Fsp3) is 0.250. The van der Waals surface area contributed by atoms with Gasteiger partial charge in [-0.15, -0.1) is 0 Å².